The number of carbonyl (C=O) groups is 1. The molecule has 2 rings (SSSR count). The van der Waals surface area contributed by atoms with Crippen molar-refractivity contribution in [2.24, 2.45) is 0 Å². The molecule has 20 heteroatoms. The molecule has 0 aliphatic carbocycles. The number of phosphoric ester groups is 1. The standard InChI is InChI=1S/C13H21F2N2O13P3/c1-7-16-8(18)4-5-17(7)11-13(15,6-14)9(19)10(27-11)12(2,3)28-32(23,24)30-33(25,26)29-31(20,21)22/h4-5,9-11,19H,1,6H2,2-3H3,(H,16,18)(H,23,24)(H,25,26)(H2,20,21,22)/t9-,10-,11+,13?/m0/s1. The molecule has 2 aliphatic heterocycles. The first-order chi connectivity index (χ1) is 14.7. The summed E-state index contributed by atoms with van der Waals surface area (Å²) in [5.74, 6) is -0.884. The minimum atomic E-state index is -5.86. The Morgan fingerprint density at radius 2 is 1.82 bits per heavy atom. The second-order valence-corrected chi connectivity index (χ2v) is 11.7. The molecule has 1 amide bonds. The number of amides is 1. The number of aliphatic hydroxyl groups is 1. The van der Waals surface area contributed by atoms with E-state index in [-0.39, 0.29) is 5.82 Å². The van der Waals surface area contributed by atoms with Crippen LogP contribution in [0.25, 0.3) is 0 Å². The molecule has 0 aromatic rings. The maximum atomic E-state index is 15.4. The Morgan fingerprint density at radius 3 is 2.30 bits per heavy atom. The number of hydrogen-bond donors (Lipinski definition) is 6. The Morgan fingerprint density at radius 1 is 1.24 bits per heavy atom. The monoisotopic (exact) mass is 544 g/mol. The molecule has 0 spiro atoms. The summed E-state index contributed by atoms with van der Waals surface area (Å²) in [6.45, 7) is 3.49. The molecule has 15 nitrogen and oxygen atoms in total. The molecule has 2 aliphatic rings. The lowest BCUT2D eigenvalue weighted by Gasteiger charge is -2.36. The van der Waals surface area contributed by atoms with E-state index in [1.807, 2.05) is 0 Å². The number of hydrogen-bond acceptors (Lipinski definition) is 10. The third-order valence-corrected chi connectivity index (χ3v) is 8.37. The summed E-state index contributed by atoms with van der Waals surface area (Å²) in [5, 5.41) is 12.6. The molecule has 6 atom stereocenters. The number of rotatable bonds is 9. The fraction of sp³-hybridized carbons (Fsp3) is 0.615. The Balaban J connectivity index is 2.29. The highest BCUT2D eigenvalue weighted by molar-refractivity contribution is 7.66. The van der Waals surface area contributed by atoms with E-state index in [4.69, 9.17) is 14.5 Å². The van der Waals surface area contributed by atoms with Gasteiger partial charge in [-0.15, -0.1) is 0 Å². The molecule has 0 aromatic carbocycles. The molecule has 2 heterocycles. The van der Waals surface area contributed by atoms with Crippen LogP contribution in [0, 0.1) is 0 Å². The fourth-order valence-electron chi connectivity index (χ4n) is 3.06. The predicted octanol–water partition coefficient (Wildman–Crippen LogP) is 0.289. The van der Waals surface area contributed by atoms with Crippen LogP contribution in [0.1, 0.15) is 13.8 Å². The predicted molar refractivity (Wildman–Crippen MR) is 102 cm³/mol. The Bertz CT molecular complexity index is 987. The average Bonchev–Trinajstić information content (AvgIpc) is 2.83. The van der Waals surface area contributed by atoms with Gasteiger partial charge in [0.05, 0.1) is 0 Å². The van der Waals surface area contributed by atoms with Crippen LogP contribution in [0.5, 0.6) is 0 Å². The van der Waals surface area contributed by atoms with Crippen molar-refractivity contribution < 1.29 is 69.8 Å². The number of nitrogens with one attached hydrogen (secondary N) is 1. The van der Waals surface area contributed by atoms with Crippen molar-refractivity contribution in [1.29, 1.82) is 0 Å². The van der Waals surface area contributed by atoms with Gasteiger partial charge in [0.15, 0.2) is 6.23 Å². The summed E-state index contributed by atoms with van der Waals surface area (Å²) in [6, 6.07) is 0. The van der Waals surface area contributed by atoms with Gasteiger partial charge in [-0.3, -0.25) is 9.32 Å². The lowest BCUT2D eigenvalue weighted by molar-refractivity contribution is -0.131. The minimum Gasteiger partial charge on any atom is -0.387 e. The maximum absolute atomic E-state index is 15.4. The van der Waals surface area contributed by atoms with E-state index in [0.29, 0.717) is 0 Å². The molecule has 190 valence electrons. The van der Waals surface area contributed by atoms with Crippen LogP contribution in [0.2, 0.25) is 0 Å². The molecular weight excluding hydrogens is 523 g/mol. The van der Waals surface area contributed by atoms with Crippen LogP contribution < -0.4 is 5.32 Å². The van der Waals surface area contributed by atoms with Crippen molar-refractivity contribution in [3.05, 3.63) is 24.7 Å². The van der Waals surface area contributed by atoms with Gasteiger partial charge >= 0.3 is 23.5 Å². The van der Waals surface area contributed by atoms with Crippen LogP contribution >= 0.6 is 23.5 Å². The second kappa shape index (κ2) is 9.19. The van der Waals surface area contributed by atoms with Crippen molar-refractivity contribution in [1.82, 2.24) is 10.2 Å². The van der Waals surface area contributed by atoms with Crippen LogP contribution in [-0.2, 0) is 36.4 Å². The molecule has 0 aromatic heterocycles. The van der Waals surface area contributed by atoms with Gasteiger partial charge in [-0.05, 0) is 13.8 Å². The first kappa shape index (κ1) is 28.2. The number of aliphatic hydroxyl groups excluding tert-OH is 1. The summed E-state index contributed by atoms with van der Waals surface area (Å²) < 4.78 is 80.7. The van der Waals surface area contributed by atoms with E-state index in [1.54, 1.807) is 0 Å². The Labute approximate surface area is 185 Å². The number of alkyl halides is 2. The number of ether oxygens (including phenoxy) is 1. The van der Waals surface area contributed by atoms with Gasteiger partial charge in [-0.2, -0.15) is 8.62 Å². The van der Waals surface area contributed by atoms with Gasteiger partial charge in [-0.25, -0.2) is 22.5 Å². The summed E-state index contributed by atoms with van der Waals surface area (Å²) in [5.41, 5.74) is -5.45. The largest absolute Gasteiger partial charge is 0.490 e. The van der Waals surface area contributed by atoms with Crippen molar-refractivity contribution in [2.45, 2.75) is 43.6 Å². The van der Waals surface area contributed by atoms with Crippen molar-refractivity contribution in [2.75, 3.05) is 6.67 Å². The van der Waals surface area contributed by atoms with Gasteiger partial charge in [0, 0.05) is 12.3 Å². The first-order valence-electron chi connectivity index (χ1n) is 8.62. The quantitative estimate of drug-likeness (QED) is 0.215. The molecule has 3 unspecified atom stereocenters. The smallest absolute Gasteiger partial charge is 0.387 e. The van der Waals surface area contributed by atoms with E-state index in [9.17, 15) is 37.8 Å². The molecule has 1 fully saturated rings. The zero-order valence-electron chi connectivity index (χ0n) is 16.8. The van der Waals surface area contributed by atoms with E-state index in [0.717, 1.165) is 31.0 Å². The van der Waals surface area contributed by atoms with Gasteiger partial charge in [0.25, 0.3) is 5.91 Å². The molecule has 1 saturated heterocycles. The zero-order valence-corrected chi connectivity index (χ0v) is 19.5. The van der Waals surface area contributed by atoms with E-state index in [2.05, 4.69) is 25.0 Å². The third kappa shape index (κ3) is 6.54. The molecule has 33 heavy (non-hydrogen) atoms. The highest BCUT2D eigenvalue weighted by Gasteiger charge is 2.64. The van der Waals surface area contributed by atoms with Crippen molar-refractivity contribution in [3.63, 3.8) is 0 Å². The molecular formula is C13H21F2N2O13P3. The number of halogens is 2. The van der Waals surface area contributed by atoms with Gasteiger partial charge in [-0.1, -0.05) is 6.58 Å². The van der Waals surface area contributed by atoms with Gasteiger partial charge < -0.3 is 39.6 Å². The topological polar surface area (TPSA) is 222 Å². The van der Waals surface area contributed by atoms with E-state index in [1.165, 1.54) is 0 Å². The highest BCUT2D eigenvalue weighted by Crippen LogP contribution is 2.67. The number of carbonyl (C=O) groups excluding carboxylic acids is 1. The summed E-state index contributed by atoms with van der Waals surface area (Å²) in [7, 11) is -17.2. The molecule has 6 N–H and O–H groups in total. The van der Waals surface area contributed by atoms with E-state index < -0.39 is 65.8 Å². The van der Waals surface area contributed by atoms with Crippen LogP contribution in [-0.4, -0.2) is 71.9 Å². The van der Waals surface area contributed by atoms with E-state index >= 15 is 4.39 Å². The lowest BCUT2D eigenvalue weighted by Crippen LogP contribution is -2.55. The van der Waals surface area contributed by atoms with Crippen molar-refractivity contribution >= 4 is 29.4 Å². The Kier molecular flexibility index (Phi) is 7.85. The van der Waals surface area contributed by atoms with Crippen molar-refractivity contribution in [3.8, 4) is 0 Å². The zero-order chi connectivity index (χ0) is 25.6. The summed E-state index contributed by atoms with van der Waals surface area (Å²) in [6.07, 6.45) is -4.36. The maximum Gasteiger partial charge on any atom is 0.490 e. The number of nitrogens with zero attached hydrogens (tertiary/aromatic N) is 1. The lowest BCUT2D eigenvalue weighted by atomic mass is 9.89. The minimum absolute atomic E-state index is 0.249. The van der Waals surface area contributed by atoms with Crippen LogP contribution in [0.3, 0.4) is 0 Å². The molecule has 0 bridgehead atoms. The summed E-state index contributed by atoms with van der Waals surface area (Å²) >= 11 is 0. The normalized spacial score (nSPS) is 32.4. The van der Waals surface area contributed by atoms with Crippen LogP contribution in [0.4, 0.5) is 8.78 Å². The second-order valence-electron chi connectivity index (χ2n) is 7.36. The summed E-state index contributed by atoms with van der Waals surface area (Å²) in [4.78, 5) is 48.3. The first-order valence-corrected chi connectivity index (χ1v) is 13.1. The number of phosphoric acid groups is 3. The molecule has 0 saturated carbocycles. The van der Waals surface area contributed by atoms with Gasteiger partial charge in [0.2, 0.25) is 5.67 Å². The molecule has 0 radical (unpaired) electrons. The van der Waals surface area contributed by atoms with Crippen LogP contribution in [0.15, 0.2) is 24.7 Å². The average molecular weight is 544 g/mol. The fourth-order valence-corrected chi connectivity index (χ4v) is 6.40. The van der Waals surface area contributed by atoms with Gasteiger partial charge in [0.1, 0.15) is 30.3 Å². The highest BCUT2D eigenvalue weighted by atomic mass is 31.3. The Hall–Kier alpha value is -1.06. The third-order valence-electron chi connectivity index (χ3n) is 4.34. The SMILES string of the molecule is C=C1NC(=O)C=CN1[C@@H]1O[C@H](C(C)(C)OP(=O)(O)OP(=O)(O)OP(=O)(O)O)[C@H](O)C1(F)CF.